The first-order valence-electron chi connectivity index (χ1n) is 10.4. The number of likely N-dealkylation sites (tertiary alicyclic amines) is 1. The Bertz CT molecular complexity index is 1090. The Morgan fingerprint density at radius 1 is 0.935 bits per heavy atom. The molecule has 3 aromatic carbocycles. The van der Waals surface area contributed by atoms with Crippen LogP contribution in [-0.2, 0) is 10.0 Å². The van der Waals surface area contributed by atoms with Gasteiger partial charge in [0.05, 0.1) is 17.5 Å². The normalized spacial score (nSPS) is 15.1. The smallest absolute Gasteiger partial charge is 0.233 e. The first-order chi connectivity index (χ1) is 14.8. The third kappa shape index (κ3) is 5.32. The summed E-state index contributed by atoms with van der Waals surface area (Å²) in [5.74, 6) is -0.410. The van der Waals surface area contributed by atoms with Crippen LogP contribution < -0.4 is 4.72 Å². The van der Waals surface area contributed by atoms with Gasteiger partial charge < -0.3 is 0 Å². The number of rotatable bonds is 7. The van der Waals surface area contributed by atoms with Gasteiger partial charge in [0, 0.05) is 19.0 Å². The molecule has 0 saturated carbocycles. The minimum absolute atomic E-state index is 0.0224. The second kappa shape index (κ2) is 8.81. The number of aryl methyl sites for hydroxylation is 2. The molecule has 1 heterocycles. The number of benzene rings is 3. The van der Waals surface area contributed by atoms with E-state index in [1.54, 1.807) is 6.07 Å². The summed E-state index contributed by atoms with van der Waals surface area (Å²) >= 11 is 0. The van der Waals surface area contributed by atoms with E-state index in [1.807, 2.05) is 0 Å². The van der Waals surface area contributed by atoms with Crippen LogP contribution in [0.4, 0.5) is 10.1 Å². The van der Waals surface area contributed by atoms with E-state index < -0.39 is 15.8 Å². The largest absolute Gasteiger partial charge is 0.292 e. The van der Waals surface area contributed by atoms with Crippen molar-refractivity contribution in [2.45, 2.75) is 19.9 Å². The first kappa shape index (κ1) is 21.5. The van der Waals surface area contributed by atoms with Gasteiger partial charge in [0.15, 0.2) is 0 Å². The van der Waals surface area contributed by atoms with Crippen molar-refractivity contribution >= 4 is 15.7 Å². The second-order valence-electron chi connectivity index (χ2n) is 8.44. The Labute approximate surface area is 183 Å². The lowest BCUT2D eigenvalue weighted by Gasteiger charge is -2.44. The van der Waals surface area contributed by atoms with E-state index in [9.17, 15) is 12.8 Å². The molecule has 162 valence electrons. The van der Waals surface area contributed by atoms with Gasteiger partial charge in [0.1, 0.15) is 5.82 Å². The topological polar surface area (TPSA) is 49.4 Å². The van der Waals surface area contributed by atoms with Crippen molar-refractivity contribution in [2.75, 3.05) is 23.6 Å². The van der Waals surface area contributed by atoms with Gasteiger partial charge in [-0.05, 0) is 43.2 Å². The van der Waals surface area contributed by atoms with Gasteiger partial charge in [-0.2, -0.15) is 0 Å². The van der Waals surface area contributed by atoms with Gasteiger partial charge >= 0.3 is 0 Å². The third-order valence-corrected chi connectivity index (χ3v) is 7.15. The molecule has 0 unspecified atom stereocenters. The monoisotopic (exact) mass is 438 g/mol. The molecule has 4 rings (SSSR count). The molecule has 0 atom stereocenters. The van der Waals surface area contributed by atoms with Crippen LogP contribution in [0, 0.1) is 25.6 Å². The van der Waals surface area contributed by atoms with Crippen molar-refractivity contribution in [3.63, 3.8) is 0 Å². The van der Waals surface area contributed by atoms with Crippen LogP contribution in [0.2, 0.25) is 0 Å². The van der Waals surface area contributed by atoms with Crippen LogP contribution in [-0.4, -0.2) is 32.2 Å². The number of hydrogen-bond donors (Lipinski definition) is 1. The Hall–Kier alpha value is -2.70. The molecule has 1 saturated heterocycles. The maximum absolute atomic E-state index is 13.4. The Morgan fingerprint density at radius 3 is 2.00 bits per heavy atom. The molecule has 1 N–H and O–H groups in total. The highest BCUT2D eigenvalue weighted by Gasteiger charge is 2.36. The molecule has 1 aliphatic heterocycles. The summed E-state index contributed by atoms with van der Waals surface area (Å²) in [6, 6.07) is 22.7. The van der Waals surface area contributed by atoms with Gasteiger partial charge in [0.2, 0.25) is 10.0 Å². The maximum atomic E-state index is 13.4. The van der Waals surface area contributed by atoms with Crippen LogP contribution >= 0.6 is 0 Å². The lowest BCUT2D eigenvalue weighted by atomic mass is 9.90. The number of nitrogens with zero attached hydrogens (tertiary/aromatic N) is 1. The Morgan fingerprint density at radius 2 is 1.48 bits per heavy atom. The fourth-order valence-electron chi connectivity index (χ4n) is 4.12. The SMILES string of the molecule is Cc1ccc(C(c2ccc(C)cc2)N2CC(CS(=O)(=O)Nc3cccc(F)c3)C2)cc1. The number of anilines is 1. The van der Waals surface area contributed by atoms with E-state index in [0.717, 1.165) is 0 Å². The molecule has 31 heavy (non-hydrogen) atoms. The van der Waals surface area contributed by atoms with Gasteiger partial charge in [0.25, 0.3) is 0 Å². The molecule has 0 radical (unpaired) electrons. The van der Waals surface area contributed by atoms with Crippen molar-refractivity contribution in [3.05, 3.63) is 101 Å². The number of nitrogens with one attached hydrogen (secondary N) is 1. The van der Waals surface area contributed by atoms with Gasteiger partial charge in [-0.25, -0.2) is 12.8 Å². The third-order valence-electron chi connectivity index (χ3n) is 5.69. The number of sulfonamides is 1. The van der Waals surface area contributed by atoms with Gasteiger partial charge in [-0.1, -0.05) is 65.7 Å². The molecule has 1 aliphatic rings. The Kier molecular flexibility index (Phi) is 6.12. The number of hydrogen-bond acceptors (Lipinski definition) is 3. The van der Waals surface area contributed by atoms with Crippen LogP contribution in [0.3, 0.4) is 0 Å². The van der Waals surface area contributed by atoms with Crippen molar-refractivity contribution in [1.82, 2.24) is 4.90 Å². The number of halogens is 1. The minimum atomic E-state index is -3.54. The summed E-state index contributed by atoms with van der Waals surface area (Å²) in [7, 11) is -3.54. The zero-order valence-electron chi connectivity index (χ0n) is 17.8. The molecule has 3 aromatic rings. The molecule has 0 aliphatic carbocycles. The van der Waals surface area contributed by atoms with E-state index in [4.69, 9.17) is 0 Å². The van der Waals surface area contributed by atoms with Crippen LogP contribution in [0.5, 0.6) is 0 Å². The van der Waals surface area contributed by atoms with Gasteiger partial charge in [-0.3, -0.25) is 9.62 Å². The quantitative estimate of drug-likeness (QED) is 0.571. The van der Waals surface area contributed by atoms with Crippen LogP contribution in [0.15, 0.2) is 72.8 Å². The van der Waals surface area contributed by atoms with Crippen molar-refractivity contribution in [2.24, 2.45) is 5.92 Å². The summed E-state index contributed by atoms with van der Waals surface area (Å²) in [6.07, 6.45) is 0. The second-order valence-corrected chi connectivity index (χ2v) is 10.2. The molecule has 0 bridgehead atoms. The highest BCUT2D eigenvalue weighted by atomic mass is 32.2. The van der Waals surface area contributed by atoms with Crippen LogP contribution in [0.1, 0.15) is 28.3 Å². The molecule has 6 heteroatoms. The summed E-state index contributed by atoms with van der Waals surface area (Å²) in [5, 5.41) is 0. The predicted molar refractivity (Wildman–Crippen MR) is 123 cm³/mol. The zero-order valence-corrected chi connectivity index (χ0v) is 18.6. The van der Waals surface area contributed by atoms with E-state index >= 15 is 0 Å². The molecule has 0 aromatic heterocycles. The minimum Gasteiger partial charge on any atom is -0.292 e. The summed E-state index contributed by atoms with van der Waals surface area (Å²) in [4.78, 5) is 2.32. The Balaban J connectivity index is 1.46. The maximum Gasteiger partial charge on any atom is 0.233 e. The highest BCUT2D eigenvalue weighted by Crippen LogP contribution is 2.35. The predicted octanol–water partition coefficient (Wildman–Crippen LogP) is 4.91. The van der Waals surface area contributed by atoms with E-state index in [2.05, 4.69) is 72.0 Å². The van der Waals surface area contributed by atoms with Crippen molar-refractivity contribution in [3.8, 4) is 0 Å². The summed E-state index contributed by atoms with van der Waals surface area (Å²) < 4.78 is 41.0. The molecular weight excluding hydrogens is 411 g/mol. The lowest BCUT2D eigenvalue weighted by molar-refractivity contribution is 0.0813. The van der Waals surface area contributed by atoms with Gasteiger partial charge in [-0.15, -0.1) is 0 Å². The fraction of sp³-hybridized carbons (Fsp3) is 0.280. The van der Waals surface area contributed by atoms with E-state index in [-0.39, 0.29) is 23.4 Å². The molecule has 4 nitrogen and oxygen atoms in total. The molecule has 0 spiro atoms. The zero-order chi connectivity index (χ0) is 22.0. The molecule has 0 amide bonds. The lowest BCUT2D eigenvalue weighted by Crippen LogP contribution is -2.51. The molecule has 1 fully saturated rings. The van der Waals surface area contributed by atoms with E-state index in [0.29, 0.717) is 13.1 Å². The summed E-state index contributed by atoms with van der Waals surface area (Å²) in [5.41, 5.74) is 5.08. The van der Waals surface area contributed by atoms with E-state index in [1.165, 1.54) is 40.5 Å². The highest BCUT2D eigenvalue weighted by molar-refractivity contribution is 7.92. The molecular formula is C25H27FN2O2S. The first-order valence-corrected chi connectivity index (χ1v) is 12.1. The van der Waals surface area contributed by atoms with Crippen molar-refractivity contribution < 1.29 is 12.8 Å². The fourth-order valence-corrected chi connectivity index (χ4v) is 5.52. The average molecular weight is 439 g/mol. The standard InChI is InChI=1S/C25H27FN2O2S/c1-18-6-10-21(11-7-18)25(22-12-8-19(2)9-13-22)28-15-20(16-28)17-31(29,30)27-24-5-3-4-23(26)14-24/h3-14,20,25,27H,15-17H2,1-2H3. The van der Waals surface area contributed by atoms with Crippen molar-refractivity contribution in [1.29, 1.82) is 0 Å². The van der Waals surface area contributed by atoms with Crippen LogP contribution in [0.25, 0.3) is 0 Å². The average Bonchev–Trinajstić information content (AvgIpc) is 2.68. The summed E-state index contributed by atoms with van der Waals surface area (Å²) in [6.45, 7) is 5.52.